The van der Waals surface area contributed by atoms with Crippen LogP contribution in [-0.4, -0.2) is 47.8 Å². The number of ether oxygens (including phenoxy) is 1. The number of rotatable bonds is 5. The van der Waals surface area contributed by atoms with Crippen molar-refractivity contribution in [1.29, 1.82) is 0 Å². The number of aliphatic hydroxyl groups is 1. The van der Waals surface area contributed by atoms with E-state index < -0.39 is 0 Å². The first-order chi connectivity index (χ1) is 9.74. The van der Waals surface area contributed by atoms with E-state index in [1.807, 2.05) is 12.1 Å². The summed E-state index contributed by atoms with van der Waals surface area (Å²) in [5.74, 6) is 0.904. The Hall–Kier alpha value is -1.04. The summed E-state index contributed by atoms with van der Waals surface area (Å²) >= 11 is 3.57. The van der Waals surface area contributed by atoms with Crippen LogP contribution in [0.15, 0.2) is 22.8 Å². The van der Waals surface area contributed by atoms with Crippen molar-refractivity contribution in [1.82, 2.24) is 9.88 Å². The monoisotopic (exact) mass is 338 g/mol. The van der Waals surface area contributed by atoms with Gasteiger partial charge in [-0.1, -0.05) is 0 Å². The van der Waals surface area contributed by atoms with Gasteiger partial charge in [0.1, 0.15) is 5.75 Å². The number of aromatic amines is 1. The van der Waals surface area contributed by atoms with Gasteiger partial charge in [-0.05, 0) is 46.5 Å². The van der Waals surface area contributed by atoms with Crippen LogP contribution < -0.4 is 4.74 Å². The maximum absolute atomic E-state index is 9.23. The van der Waals surface area contributed by atoms with Crippen LogP contribution in [0.5, 0.6) is 5.75 Å². The normalized spacial score (nSPS) is 19.2. The number of methoxy groups -OCH3 is 1. The Morgan fingerprint density at radius 1 is 1.50 bits per heavy atom. The van der Waals surface area contributed by atoms with E-state index in [1.165, 1.54) is 5.56 Å². The Labute approximate surface area is 126 Å². The lowest BCUT2D eigenvalue weighted by molar-refractivity contribution is 0.0437. The van der Waals surface area contributed by atoms with E-state index in [0.29, 0.717) is 6.04 Å². The fraction of sp³-hybridized carbons (Fsp3) is 0.467. The van der Waals surface area contributed by atoms with Crippen molar-refractivity contribution in [3.8, 4) is 5.75 Å². The number of hydrogen-bond donors (Lipinski definition) is 2. The minimum atomic E-state index is 0.267. The molecule has 1 unspecified atom stereocenters. The molecular weight excluding hydrogens is 320 g/mol. The van der Waals surface area contributed by atoms with Gasteiger partial charge in [0.2, 0.25) is 0 Å². The molecule has 2 N–H and O–H groups in total. The predicted molar refractivity (Wildman–Crippen MR) is 83.3 cm³/mol. The molecule has 0 radical (unpaired) electrons. The second-order valence-electron chi connectivity index (χ2n) is 5.22. The van der Waals surface area contributed by atoms with Gasteiger partial charge in [0.05, 0.1) is 19.2 Å². The molecule has 0 saturated carbocycles. The zero-order chi connectivity index (χ0) is 14.1. The molecule has 2 heterocycles. The van der Waals surface area contributed by atoms with Gasteiger partial charge in [-0.25, -0.2) is 0 Å². The average molecular weight is 339 g/mol. The molecular formula is C15H19BrN2O2. The molecule has 1 fully saturated rings. The highest BCUT2D eigenvalue weighted by molar-refractivity contribution is 9.10. The molecule has 1 aromatic carbocycles. The summed E-state index contributed by atoms with van der Waals surface area (Å²) in [4.78, 5) is 5.66. The Morgan fingerprint density at radius 3 is 3.00 bits per heavy atom. The molecule has 0 spiro atoms. The third-order valence-corrected chi connectivity index (χ3v) is 4.85. The fourth-order valence-corrected chi connectivity index (χ4v) is 3.32. The molecule has 108 valence electrons. The van der Waals surface area contributed by atoms with E-state index in [-0.39, 0.29) is 6.61 Å². The third kappa shape index (κ3) is 2.34. The minimum absolute atomic E-state index is 0.267. The van der Waals surface area contributed by atoms with Crippen molar-refractivity contribution < 1.29 is 9.84 Å². The zero-order valence-corrected chi connectivity index (χ0v) is 13.1. The molecule has 0 bridgehead atoms. The number of aromatic nitrogens is 1. The van der Waals surface area contributed by atoms with Crippen molar-refractivity contribution in [2.75, 3.05) is 26.8 Å². The molecule has 5 heteroatoms. The number of benzene rings is 1. The number of halogens is 1. The molecule has 1 aromatic heterocycles. The van der Waals surface area contributed by atoms with Gasteiger partial charge in [-0.2, -0.15) is 0 Å². The molecule has 4 nitrogen and oxygen atoms in total. The summed E-state index contributed by atoms with van der Waals surface area (Å²) in [6.45, 7) is 2.34. The smallest absolute Gasteiger partial charge is 0.128 e. The van der Waals surface area contributed by atoms with Crippen LogP contribution in [0.3, 0.4) is 0 Å². The molecule has 1 saturated heterocycles. The zero-order valence-electron chi connectivity index (χ0n) is 11.5. The lowest BCUT2D eigenvalue weighted by Gasteiger charge is -2.39. The Balaban J connectivity index is 1.83. The van der Waals surface area contributed by atoms with Crippen molar-refractivity contribution >= 4 is 26.8 Å². The van der Waals surface area contributed by atoms with Crippen LogP contribution in [0.1, 0.15) is 12.0 Å². The second kappa shape index (κ2) is 5.76. The third-order valence-electron chi connectivity index (χ3n) is 4.19. The van der Waals surface area contributed by atoms with Gasteiger partial charge in [-0.15, -0.1) is 0 Å². The highest BCUT2D eigenvalue weighted by Crippen LogP contribution is 2.34. The van der Waals surface area contributed by atoms with E-state index >= 15 is 0 Å². The Morgan fingerprint density at radius 2 is 2.35 bits per heavy atom. The summed E-state index contributed by atoms with van der Waals surface area (Å²) in [5.41, 5.74) is 2.35. The van der Waals surface area contributed by atoms with Crippen LogP contribution in [0.25, 0.3) is 10.9 Å². The van der Waals surface area contributed by atoms with Crippen molar-refractivity contribution in [2.24, 2.45) is 0 Å². The van der Waals surface area contributed by atoms with Gasteiger partial charge in [0.25, 0.3) is 0 Å². The molecule has 0 amide bonds. The molecule has 2 aromatic rings. The highest BCUT2D eigenvalue weighted by atomic mass is 79.9. The number of nitrogens with one attached hydrogen (secondary N) is 1. The average Bonchev–Trinajstić information content (AvgIpc) is 2.84. The van der Waals surface area contributed by atoms with Crippen LogP contribution in [0, 0.1) is 0 Å². The van der Waals surface area contributed by atoms with Crippen LogP contribution in [0.2, 0.25) is 0 Å². The van der Waals surface area contributed by atoms with E-state index in [1.54, 1.807) is 7.11 Å². The lowest BCUT2D eigenvalue weighted by atomic mass is 10.0. The number of likely N-dealkylation sites (tertiary alicyclic amines) is 1. The SMILES string of the molecule is COc1ccc(Br)c2[nH]cc(CCN3CCC3CO)c12. The molecule has 1 aliphatic rings. The van der Waals surface area contributed by atoms with Gasteiger partial charge >= 0.3 is 0 Å². The topological polar surface area (TPSA) is 48.5 Å². The van der Waals surface area contributed by atoms with E-state index in [9.17, 15) is 5.11 Å². The first kappa shape index (κ1) is 13.9. The number of H-pyrrole nitrogens is 1. The van der Waals surface area contributed by atoms with Gasteiger partial charge in [0.15, 0.2) is 0 Å². The first-order valence-corrected chi connectivity index (χ1v) is 7.71. The number of fused-ring (bicyclic) bond motifs is 1. The Kier molecular flexibility index (Phi) is 4.01. The van der Waals surface area contributed by atoms with Crippen LogP contribution >= 0.6 is 15.9 Å². The fourth-order valence-electron chi connectivity index (χ4n) is 2.88. The lowest BCUT2D eigenvalue weighted by Crippen LogP contribution is -2.50. The maximum atomic E-state index is 9.23. The van der Waals surface area contributed by atoms with Crippen LogP contribution in [-0.2, 0) is 6.42 Å². The summed E-state index contributed by atoms with van der Waals surface area (Å²) < 4.78 is 6.53. The van der Waals surface area contributed by atoms with E-state index in [2.05, 4.69) is 32.0 Å². The van der Waals surface area contributed by atoms with Gasteiger partial charge in [0, 0.05) is 35.2 Å². The summed E-state index contributed by atoms with van der Waals surface area (Å²) in [6, 6.07) is 4.34. The molecule has 1 aliphatic heterocycles. The van der Waals surface area contributed by atoms with Gasteiger partial charge in [-0.3, -0.25) is 4.90 Å². The summed E-state index contributed by atoms with van der Waals surface area (Å²) in [6.07, 6.45) is 4.13. The van der Waals surface area contributed by atoms with E-state index in [4.69, 9.17) is 4.74 Å². The quantitative estimate of drug-likeness (QED) is 0.880. The highest BCUT2D eigenvalue weighted by Gasteiger charge is 2.26. The molecule has 20 heavy (non-hydrogen) atoms. The van der Waals surface area contributed by atoms with E-state index in [0.717, 1.165) is 47.1 Å². The molecule has 3 rings (SSSR count). The van der Waals surface area contributed by atoms with Gasteiger partial charge < -0.3 is 14.8 Å². The number of nitrogens with zero attached hydrogens (tertiary/aromatic N) is 1. The van der Waals surface area contributed by atoms with Crippen molar-refractivity contribution in [2.45, 2.75) is 18.9 Å². The first-order valence-electron chi connectivity index (χ1n) is 6.92. The maximum Gasteiger partial charge on any atom is 0.128 e. The standard InChI is InChI=1S/C15H19BrN2O2/c1-20-13-3-2-12(16)15-14(13)10(8-17-15)4-6-18-7-5-11(18)9-19/h2-3,8,11,17,19H,4-7,9H2,1H3. The summed E-state index contributed by atoms with van der Waals surface area (Å²) in [7, 11) is 1.71. The molecule has 0 aliphatic carbocycles. The minimum Gasteiger partial charge on any atom is -0.496 e. The number of hydrogen-bond acceptors (Lipinski definition) is 3. The van der Waals surface area contributed by atoms with Crippen molar-refractivity contribution in [3.63, 3.8) is 0 Å². The van der Waals surface area contributed by atoms with Crippen molar-refractivity contribution in [3.05, 3.63) is 28.4 Å². The predicted octanol–water partition coefficient (Wildman–Crippen LogP) is 2.55. The number of aliphatic hydroxyl groups excluding tert-OH is 1. The second-order valence-corrected chi connectivity index (χ2v) is 6.08. The Bertz CT molecular complexity index is 609. The van der Waals surface area contributed by atoms with Crippen LogP contribution in [0.4, 0.5) is 0 Å². The summed E-state index contributed by atoms with van der Waals surface area (Å²) in [5, 5.41) is 10.4. The largest absolute Gasteiger partial charge is 0.496 e. The molecule has 1 atom stereocenters.